The van der Waals surface area contributed by atoms with Gasteiger partial charge in [-0.3, -0.25) is 14.5 Å². The van der Waals surface area contributed by atoms with Crippen LogP contribution in [0.4, 0.5) is 13.6 Å². The van der Waals surface area contributed by atoms with E-state index in [0.717, 1.165) is 15.4 Å². The largest absolute Gasteiger partial charge is 0.334 e. The fourth-order valence-corrected chi connectivity index (χ4v) is 3.36. The van der Waals surface area contributed by atoms with Crippen molar-refractivity contribution < 1.29 is 23.2 Å². The van der Waals surface area contributed by atoms with Crippen LogP contribution in [0.1, 0.15) is 37.8 Å². The monoisotopic (exact) mass is 336 g/mol. The van der Waals surface area contributed by atoms with E-state index >= 15 is 0 Å². The zero-order chi connectivity index (χ0) is 17.5. The number of halogens is 2. The second kappa shape index (κ2) is 5.96. The van der Waals surface area contributed by atoms with Crippen molar-refractivity contribution in [2.24, 2.45) is 5.92 Å². The summed E-state index contributed by atoms with van der Waals surface area (Å²) in [5.74, 6) is -5.05. The summed E-state index contributed by atoms with van der Waals surface area (Å²) in [5.41, 5.74) is 0.723. The van der Waals surface area contributed by atoms with Crippen LogP contribution in [0, 0.1) is 5.92 Å². The smallest absolute Gasteiger partial charge is 0.263 e. The Bertz CT molecular complexity index is 678. The molecule has 1 aromatic rings. The first kappa shape index (κ1) is 16.5. The van der Waals surface area contributed by atoms with Crippen molar-refractivity contribution in [2.75, 3.05) is 6.54 Å². The number of alkyl halides is 2. The zero-order valence-electron chi connectivity index (χ0n) is 13.2. The Morgan fingerprint density at radius 2 is 1.83 bits per heavy atom. The molecule has 0 unspecified atom stereocenters. The maximum Gasteiger partial charge on any atom is 0.334 e. The molecular weight excluding hydrogens is 318 g/mol. The molecule has 1 aromatic carbocycles. The molecule has 3 rings (SSSR count). The predicted molar refractivity (Wildman–Crippen MR) is 81.1 cm³/mol. The van der Waals surface area contributed by atoms with Gasteiger partial charge in [-0.1, -0.05) is 30.3 Å². The van der Waals surface area contributed by atoms with E-state index in [-0.39, 0.29) is 25.8 Å². The highest BCUT2D eigenvalue weighted by molar-refractivity contribution is 6.44. The number of benzene rings is 1. The van der Waals surface area contributed by atoms with Crippen molar-refractivity contribution in [3.63, 3.8) is 0 Å². The van der Waals surface area contributed by atoms with Gasteiger partial charge in [-0.05, 0) is 24.8 Å². The van der Waals surface area contributed by atoms with Crippen molar-refractivity contribution in [3.05, 3.63) is 35.9 Å². The molecule has 7 heteroatoms. The van der Waals surface area contributed by atoms with Crippen LogP contribution in [0.25, 0.3) is 0 Å². The Balaban J connectivity index is 1.76. The maximum atomic E-state index is 13.3. The van der Waals surface area contributed by atoms with Crippen molar-refractivity contribution in [1.29, 1.82) is 0 Å². The Hall–Kier alpha value is -2.31. The van der Waals surface area contributed by atoms with E-state index in [4.69, 9.17) is 0 Å². The van der Waals surface area contributed by atoms with E-state index in [1.807, 2.05) is 6.07 Å². The average molecular weight is 336 g/mol. The summed E-state index contributed by atoms with van der Waals surface area (Å²) in [5, 5.41) is 0. The van der Waals surface area contributed by atoms with Gasteiger partial charge < -0.3 is 0 Å². The predicted octanol–water partition coefficient (Wildman–Crippen LogP) is 2.97. The lowest BCUT2D eigenvalue weighted by Crippen LogP contribution is -2.37. The standard InChI is InChI=1S/C17H18F2N2O3/c1-11(13-5-3-2-4-6-13)21-15(23)14(22)20(16(21)24)10-12-7-8-17(18,19)9-12/h2-6,11-12H,7-10H2,1H3/t11-,12-/m0/s1. The van der Waals surface area contributed by atoms with Crippen LogP contribution < -0.4 is 0 Å². The molecule has 0 spiro atoms. The van der Waals surface area contributed by atoms with E-state index in [1.165, 1.54) is 0 Å². The molecule has 0 bridgehead atoms. The summed E-state index contributed by atoms with van der Waals surface area (Å²) in [4.78, 5) is 38.6. The molecule has 1 aliphatic heterocycles. The topological polar surface area (TPSA) is 57.7 Å². The fraction of sp³-hybridized carbons (Fsp3) is 0.471. The number of rotatable bonds is 4. The fourth-order valence-electron chi connectivity index (χ4n) is 3.36. The first-order valence-electron chi connectivity index (χ1n) is 7.92. The summed E-state index contributed by atoms with van der Waals surface area (Å²) in [7, 11) is 0. The summed E-state index contributed by atoms with van der Waals surface area (Å²) < 4.78 is 26.6. The van der Waals surface area contributed by atoms with Gasteiger partial charge in [0.1, 0.15) is 0 Å². The van der Waals surface area contributed by atoms with Gasteiger partial charge in [-0.15, -0.1) is 0 Å². The Morgan fingerprint density at radius 3 is 2.42 bits per heavy atom. The lowest BCUT2D eigenvalue weighted by atomic mass is 10.1. The molecule has 1 saturated carbocycles. The highest BCUT2D eigenvalue weighted by Crippen LogP contribution is 2.39. The molecule has 0 N–H and O–H groups in total. The zero-order valence-corrected chi connectivity index (χ0v) is 13.2. The molecular formula is C17H18F2N2O3. The van der Waals surface area contributed by atoms with Crippen LogP contribution in [0.3, 0.4) is 0 Å². The van der Waals surface area contributed by atoms with E-state index in [9.17, 15) is 23.2 Å². The molecule has 1 heterocycles. The number of nitrogens with zero attached hydrogens (tertiary/aromatic N) is 2. The molecule has 4 amide bonds. The van der Waals surface area contributed by atoms with Crippen LogP contribution in [0.2, 0.25) is 0 Å². The van der Waals surface area contributed by atoms with Crippen LogP contribution in [0.15, 0.2) is 30.3 Å². The number of imide groups is 2. The number of carbonyl (C=O) groups is 3. The molecule has 2 fully saturated rings. The molecule has 128 valence electrons. The van der Waals surface area contributed by atoms with Crippen molar-refractivity contribution in [3.8, 4) is 0 Å². The lowest BCUT2D eigenvalue weighted by molar-refractivity contribution is -0.144. The van der Waals surface area contributed by atoms with Gasteiger partial charge in [-0.2, -0.15) is 0 Å². The first-order valence-corrected chi connectivity index (χ1v) is 7.92. The minimum atomic E-state index is -2.75. The Labute approximate surface area is 138 Å². The normalized spacial score (nSPS) is 24.8. The third kappa shape index (κ3) is 2.90. The van der Waals surface area contributed by atoms with E-state index < -0.39 is 35.7 Å². The third-order valence-corrected chi connectivity index (χ3v) is 4.70. The minimum absolute atomic E-state index is 0.128. The highest BCUT2D eigenvalue weighted by Gasteiger charge is 2.49. The molecule has 1 saturated heterocycles. The molecule has 0 radical (unpaired) electrons. The van der Waals surface area contributed by atoms with Gasteiger partial charge in [0.15, 0.2) is 0 Å². The third-order valence-electron chi connectivity index (χ3n) is 4.70. The molecule has 0 aromatic heterocycles. The molecule has 1 aliphatic carbocycles. The van der Waals surface area contributed by atoms with Crippen molar-refractivity contribution in [2.45, 2.75) is 38.2 Å². The molecule has 2 aliphatic rings. The number of amides is 4. The van der Waals surface area contributed by atoms with Gasteiger partial charge in [0.25, 0.3) is 0 Å². The quantitative estimate of drug-likeness (QED) is 0.627. The van der Waals surface area contributed by atoms with Gasteiger partial charge in [-0.25, -0.2) is 18.5 Å². The second-order valence-electron chi connectivity index (χ2n) is 6.42. The van der Waals surface area contributed by atoms with E-state index in [0.29, 0.717) is 0 Å². The first-order chi connectivity index (χ1) is 11.3. The second-order valence-corrected chi connectivity index (χ2v) is 6.42. The highest BCUT2D eigenvalue weighted by atomic mass is 19.3. The summed E-state index contributed by atoms with van der Waals surface area (Å²) in [6.45, 7) is 1.53. The number of urea groups is 1. The van der Waals surface area contributed by atoms with Gasteiger partial charge in [0.2, 0.25) is 5.92 Å². The number of hydrogen-bond acceptors (Lipinski definition) is 3. The summed E-state index contributed by atoms with van der Waals surface area (Å²) >= 11 is 0. The van der Waals surface area contributed by atoms with Gasteiger partial charge in [0, 0.05) is 19.4 Å². The van der Waals surface area contributed by atoms with Crippen LogP contribution in [0.5, 0.6) is 0 Å². The maximum absolute atomic E-state index is 13.3. The van der Waals surface area contributed by atoms with E-state index in [1.54, 1.807) is 31.2 Å². The average Bonchev–Trinajstić information content (AvgIpc) is 3.00. The number of hydrogen-bond donors (Lipinski definition) is 0. The molecule has 2 atom stereocenters. The van der Waals surface area contributed by atoms with Crippen molar-refractivity contribution >= 4 is 17.8 Å². The van der Waals surface area contributed by atoms with Gasteiger partial charge in [0.05, 0.1) is 6.04 Å². The summed E-state index contributed by atoms with van der Waals surface area (Å²) in [6.07, 6.45) is -0.356. The molecule has 24 heavy (non-hydrogen) atoms. The lowest BCUT2D eigenvalue weighted by Gasteiger charge is -2.23. The van der Waals surface area contributed by atoms with Crippen LogP contribution in [-0.2, 0) is 9.59 Å². The van der Waals surface area contributed by atoms with Crippen LogP contribution in [-0.4, -0.2) is 40.1 Å². The Kier molecular flexibility index (Phi) is 4.11. The Morgan fingerprint density at radius 1 is 1.17 bits per heavy atom. The van der Waals surface area contributed by atoms with Crippen LogP contribution >= 0.6 is 0 Å². The van der Waals surface area contributed by atoms with Gasteiger partial charge >= 0.3 is 17.8 Å². The minimum Gasteiger partial charge on any atom is -0.263 e. The number of carbonyl (C=O) groups excluding carboxylic acids is 3. The van der Waals surface area contributed by atoms with Crippen molar-refractivity contribution in [1.82, 2.24) is 9.80 Å². The SMILES string of the molecule is C[C@@H](c1ccccc1)N1C(=O)C(=O)N(C[C@H]2CCC(F)(F)C2)C1=O. The van der Waals surface area contributed by atoms with E-state index in [2.05, 4.69) is 0 Å². The molecule has 5 nitrogen and oxygen atoms in total. The summed E-state index contributed by atoms with van der Waals surface area (Å²) in [6, 6.07) is 7.56.